The molecule has 3 heteroatoms. The van der Waals surface area contributed by atoms with Crippen molar-refractivity contribution in [1.29, 1.82) is 0 Å². The molecule has 1 atom stereocenters. The minimum Gasteiger partial charge on any atom is -0.393 e. The van der Waals surface area contributed by atoms with Crippen molar-refractivity contribution in [3.05, 3.63) is 0 Å². The van der Waals surface area contributed by atoms with Crippen molar-refractivity contribution in [2.45, 2.75) is 39.0 Å². The van der Waals surface area contributed by atoms with Crippen LogP contribution in [-0.2, 0) is 4.74 Å². The number of rotatable bonds is 4. The summed E-state index contributed by atoms with van der Waals surface area (Å²) in [4.78, 5) is 0. The van der Waals surface area contributed by atoms with Gasteiger partial charge in [-0.15, -0.1) is 0 Å². The maximum atomic E-state index is 12.4. The third kappa shape index (κ3) is 7.75. The van der Waals surface area contributed by atoms with Gasteiger partial charge in [-0.25, -0.2) is 4.39 Å². The summed E-state index contributed by atoms with van der Waals surface area (Å²) < 4.78 is 17.6. The molecule has 0 aliphatic rings. The molecule has 0 aromatic rings. The maximum Gasteiger partial charge on any atom is 0.125 e. The summed E-state index contributed by atoms with van der Waals surface area (Å²) in [6.07, 6.45) is -0.870. The molecule has 0 aromatic carbocycles. The zero-order valence-electron chi connectivity index (χ0n) is 7.43. The molecule has 1 unspecified atom stereocenters. The first kappa shape index (κ1) is 10.8. The Morgan fingerprint density at radius 1 is 1.45 bits per heavy atom. The molecular weight excluding hydrogens is 147 g/mol. The van der Waals surface area contributed by atoms with Crippen molar-refractivity contribution in [1.82, 2.24) is 0 Å². The Morgan fingerprint density at radius 2 is 2.00 bits per heavy atom. The second kappa shape index (κ2) is 4.67. The summed E-state index contributed by atoms with van der Waals surface area (Å²) >= 11 is 0. The fourth-order valence-corrected chi connectivity index (χ4v) is 0.584. The van der Waals surface area contributed by atoms with Gasteiger partial charge in [0.2, 0.25) is 0 Å². The normalized spacial score (nSPS) is 15.0. The maximum absolute atomic E-state index is 12.4. The van der Waals surface area contributed by atoms with Gasteiger partial charge in [-0.2, -0.15) is 0 Å². The van der Waals surface area contributed by atoms with Gasteiger partial charge in [0, 0.05) is 6.42 Å². The average Bonchev–Trinajstić information content (AvgIpc) is 1.85. The van der Waals surface area contributed by atoms with Crippen molar-refractivity contribution in [2.24, 2.45) is 0 Å². The van der Waals surface area contributed by atoms with Crippen molar-refractivity contribution in [3.8, 4) is 0 Å². The van der Waals surface area contributed by atoms with Crippen LogP contribution in [0.1, 0.15) is 27.2 Å². The summed E-state index contributed by atoms with van der Waals surface area (Å²) in [7, 11) is 0. The molecule has 0 saturated carbocycles. The van der Waals surface area contributed by atoms with E-state index in [4.69, 9.17) is 9.84 Å². The second-order valence-corrected chi connectivity index (χ2v) is 3.53. The largest absolute Gasteiger partial charge is 0.393 e. The van der Waals surface area contributed by atoms with Gasteiger partial charge in [0.15, 0.2) is 0 Å². The average molecular weight is 164 g/mol. The summed E-state index contributed by atoms with van der Waals surface area (Å²) in [6, 6.07) is 0. The van der Waals surface area contributed by atoms with Crippen LogP contribution in [0, 0.1) is 0 Å². The quantitative estimate of drug-likeness (QED) is 0.682. The van der Waals surface area contributed by atoms with Crippen molar-refractivity contribution < 1.29 is 14.2 Å². The molecule has 0 saturated heterocycles. The van der Waals surface area contributed by atoms with E-state index in [2.05, 4.69) is 0 Å². The lowest BCUT2D eigenvalue weighted by Gasteiger charge is -2.19. The van der Waals surface area contributed by atoms with E-state index in [0.717, 1.165) is 0 Å². The lowest BCUT2D eigenvalue weighted by Crippen LogP contribution is -2.21. The van der Waals surface area contributed by atoms with Crippen molar-refractivity contribution in [3.63, 3.8) is 0 Å². The van der Waals surface area contributed by atoms with Crippen LogP contribution in [0.4, 0.5) is 4.39 Å². The summed E-state index contributed by atoms with van der Waals surface area (Å²) in [5.41, 5.74) is -0.213. The first-order valence-corrected chi connectivity index (χ1v) is 3.84. The topological polar surface area (TPSA) is 29.5 Å². The van der Waals surface area contributed by atoms with Gasteiger partial charge in [-0.1, -0.05) is 0 Å². The van der Waals surface area contributed by atoms with Gasteiger partial charge in [0.05, 0.1) is 18.8 Å². The number of hydrogen-bond donors (Lipinski definition) is 1. The SMILES string of the molecule is CC(C)(C)OCCC(F)CO. The fraction of sp³-hybridized carbons (Fsp3) is 1.00. The predicted molar refractivity (Wildman–Crippen MR) is 42.3 cm³/mol. The van der Waals surface area contributed by atoms with Gasteiger partial charge >= 0.3 is 0 Å². The molecule has 0 aliphatic carbocycles. The molecule has 0 aliphatic heterocycles. The Balaban J connectivity index is 3.28. The lowest BCUT2D eigenvalue weighted by atomic mass is 10.2. The molecule has 0 rings (SSSR count). The van der Waals surface area contributed by atoms with Gasteiger partial charge in [0.1, 0.15) is 6.17 Å². The molecule has 0 radical (unpaired) electrons. The first-order chi connectivity index (χ1) is 4.95. The highest BCUT2D eigenvalue weighted by atomic mass is 19.1. The monoisotopic (exact) mass is 164 g/mol. The number of halogens is 1. The van der Waals surface area contributed by atoms with E-state index in [9.17, 15) is 4.39 Å². The lowest BCUT2D eigenvalue weighted by molar-refractivity contribution is -0.0148. The fourth-order valence-electron chi connectivity index (χ4n) is 0.584. The third-order valence-corrected chi connectivity index (χ3v) is 1.16. The van der Waals surface area contributed by atoms with E-state index in [-0.39, 0.29) is 12.0 Å². The van der Waals surface area contributed by atoms with E-state index in [0.29, 0.717) is 6.61 Å². The Bertz CT molecular complexity index is 98.8. The van der Waals surface area contributed by atoms with Crippen LogP contribution in [-0.4, -0.2) is 30.1 Å². The van der Waals surface area contributed by atoms with E-state index < -0.39 is 12.8 Å². The van der Waals surface area contributed by atoms with Gasteiger partial charge < -0.3 is 9.84 Å². The third-order valence-electron chi connectivity index (χ3n) is 1.16. The minimum atomic E-state index is -1.14. The zero-order valence-corrected chi connectivity index (χ0v) is 7.43. The van der Waals surface area contributed by atoms with Crippen LogP contribution in [0.15, 0.2) is 0 Å². The highest BCUT2D eigenvalue weighted by molar-refractivity contribution is 4.60. The smallest absolute Gasteiger partial charge is 0.125 e. The van der Waals surface area contributed by atoms with E-state index in [1.807, 2.05) is 20.8 Å². The second-order valence-electron chi connectivity index (χ2n) is 3.53. The standard InChI is InChI=1S/C8H17FO2/c1-8(2,3)11-5-4-7(9)6-10/h7,10H,4-6H2,1-3H3. The minimum absolute atomic E-state index is 0.213. The van der Waals surface area contributed by atoms with E-state index in [1.165, 1.54) is 0 Å². The number of ether oxygens (including phenoxy) is 1. The Kier molecular flexibility index (Phi) is 4.61. The highest BCUT2D eigenvalue weighted by Gasteiger charge is 2.11. The highest BCUT2D eigenvalue weighted by Crippen LogP contribution is 2.08. The van der Waals surface area contributed by atoms with Crippen LogP contribution >= 0.6 is 0 Å². The summed E-state index contributed by atoms with van der Waals surface area (Å²) in [5, 5.41) is 8.33. The number of hydrogen-bond acceptors (Lipinski definition) is 2. The summed E-state index contributed by atoms with van der Waals surface area (Å²) in [5.74, 6) is 0. The Morgan fingerprint density at radius 3 is 2.36 bits per heavy atom. The zero-order chi connectivity index (χ0) is 8.91. The van der Waals surface area contributed by atoms with Gasteiger partial charge in [0.25, 0.3) is 0 Å². The Hall–Kier alpha value is -0.150. The van der Waals surface area contributed by atoms with Crippen LogP contribution < -0.4 is 0 Å². The number of alkyl halides is 1. The molecular formula is C8H17FO2. The van der Waals surface area contributed by atoms with Crippen LogP contribution in [0.2, 0.25) is 0 Å². The van der Waals surface area contributed by atoms with E-state index in [1.54, 1.807) is 0 Å². The van der Waals surface area contributed by atoms with Crippen LogP contribution in [0.3, 0.4) is 0 Å². The van der Waals surface area contributed by atoms with Crippen LogP contribution in [0.5, 0.6) is 0 Å². The molecule has 0 aromatic heterocycles. The molecule has 0 bridgehead atoms. The number of aliphatic hydroxyl groups is 1. The molecule has 68 valence electrons. The molecule has 2 nitrogen and oxygen atoms in total. The molecule has 0 heterocycles. The van der Waals surface area contributed by atoms with Crippen molar-refractivity contribution in [2.75, 3.05) is 13.2 Å². The van der Waals surface area contributed by atoms with E-state index >= 15 is 0 Å². The summed E-state index contributed by atoms with van der Waals surface area (Å²) in [6.45, 7) is 5.70. The van der Waals surface area contributed by atoms with Gasteiger partial charge in [-0.3, -0.25) is 0 Å². The first-order valence-electron chi connectivity index (χ1n) is 3.84. The molecule has 11 heavy (non-hydrogen) atoms. The predicted octanol–water partition coefficient (Wildman–Crippen LogP) is 1.52. The van der Waals surface area contributed by atoms with Crippen molar-refractivity contribution >= 4 is 0 Å². The molecule has 0 amide bonds. The number of aliphatic hydroxyl groups excluding tert-OH is 1. The van der Waals surface area contributed by atoms with Crippen LogP contribution in [0.25, 0.3) is 0 Å². The molecule has 1 N–H and O–H groups in total. The van der Waals surface area contributed by atoms with Gasteiger partial charge in [-0.05, 0) is 20.8 Å². The molecule has 0 fully saturated rings. The molecule has 0 spiro atoms. The Labute approximate surface area is 67.4 Å².